The van der Waals surface area contributed by atoms with Gasteiger partial charge in [-0.25, -0.2) is 13.3 Å². The van der Waals surface area contributed by atoms with Gasteiger partial charge in [-0.3, -0.25) is 14.4 Å². The van der Waals surface area contributed by atoms with Crippen LogP contribution in [0.5, 0.6) is 17.2 Å². The topological polar surface area (TPSA) is 120 Å². The van der Waals surface area contributed by atoms with Crippen LogP contribution in [0.1, 0.15) is 24.5 Å². The van der Waals surface area contributed by atoms with E-state index >= 15 is 0 Å². The zero-order valence-electron chi connectivity index (χ0n) is 20.6. The van der Waals surface area contributed by atoms with Gasteiger partial charge in [-0.1, -0.05) is 23.8 Å². The summed E-state index contributed by atoms with van der Waals surface area (Å²) < 4.78 is 44.5. The molecule has 0 N–H and O–H groups in total. The van der Waals surface area contributed by atoms with Crippen LogP contribution in [0, 0.1) is 6.92 Å². The van der Waals surface area contributed by atoms with Crippen molar-refractivity contribution in [2.45, 2.75) is 37.8 Å². The van der Waals surface area contributed by atoms with Crippen LogP contribution < -0.4 is 19.1 Å². The summed E-state index contributed by atoms with van der Waals surface area (Å²) in [6.07, 6.45) is -0.333. The number of anilines is 1. The van der Waals surface area contributed by atoms with Crippen LogP contribution >= 0.6 is 0 Å². The SMILES string of the molecule is CC(=O)Oc1ccc(N2C(=O)CC(N(Cc3ccc4c(c3)OCO4)S(=O)(=O)c3ccc(C)cc3)C2=O)cc1. The van der Waals surface area contributed by atoms with E-state index in [1.54, 1.807) is 30.3 Å². The van der Waals surface area contributed by atoms with Gasteiger partial charge in [0.1, 0.15) is 11.8 Å². The molecular weight excluding hydrogens is 512 g/mol. The Bertz CT molecular complexity index is 1520. The van der Waals surface area contributed by atoms with Crippen molar-refractivity contribution in [2.24, 2.45) is 0 Å². The molecule has 2 heterocycles. The van der Waals surface area contributed by atoms with Crippen LogP contribution in [0.15, 0.2) is 71.6 Å². The van der Waals surface area contributed by atoms with Crippen LogP contribution in [0.3, 0.4) is 0 Å². The maximum absolute atomic E-state index is 13.9. The first kappa shape index (κ1) is 25.4. The Labute approximate surface area is 219 Å². The molecule has 11 heteroatoms. The number of sulfonamides is 1. The third kappa shape index (κ3) is 4.85. The summed E-state index contributed by atoms with van der Waals surface area (Å²) in [6.45, 7) is 2.99. The second-order valence-electron chi connectivity index (χ2n) is 8.93. The van der Waals surface area contributed by atoms with Crippen molar-refractivity contribution < 1.29 is 37.0 Å². The molecule has 0 aromatic heterocycles. The Morgan fingerprint density at radius 1 is 1.00 bits per heavy atom. The Morgan fingerprint density at radius 3 is 2.37 bits per heavy atom. The smallest absolute Gasteiger partial charge is 0.308 e. The van der Waals surface area contributed by atoms with Crippen LogP contribution in [-0.2, 0) is 31.0 Å². The fraction of sp³-hybridized carbons (Fsp3) is 0.222. The van der Waals surface area contributed by atoms with Crippen LogP contribution in [0.25, 0.3) is 0 Å². The first-order chi connectivity index (χ1) is 18.1. The number of amides is 2. The second-order valence-corrected chi connectivity index (χ2v) is 10.8. The Kier molecular flexibility index (Phi) is 6.64. The molecule has 5 rings (SSSR count). The predicted molar refractivity (Wildman–Crippen MR) is 135 cm³/mol. The average Bonchev–Trinajstić information content (AvgIpc) is 3.46. The third-order valence-electron chi connectivity index (χ3n) is 6.23. The van der Waals surface area contributed by atoms with Crippen molar-refractivity contribution >= 4 is 33.5 Å². The van der Waals surface area contributed by atoms with Gasteiger partial charge in [-0.2, -0.15) is 4.31 Å². The number of carbonyl (C=O) groups excluding carboxylic acids is 3. The highest BCUT2D eigenvalue weighted by atomic mass is 32.2. The van der Waals surface area contributed by atoms with E-state index in [-0.39, 0.29) is 36.1 Å². The van der Waals surface area contributed by atoms with Gasteiger partial charge >= 0.3 is 5.97 Å². The highest BCUT2D eigenvalue weighted by Gasteiger charge is 2.47. The molecule has 2 amide bonds. The molecular formula is C27H24N2O8S. The molecule has 0 aliphatic carbocycles. The highest BCUT2D eigenvalue weighted by Crippen LogP contribution is 2.35. The molecule has 10 nitrogen and oxygen atoms in total. The first-order valence-corrected chi connectivity index (χ1v) is 13.2. The maximum atomic E-state index is 13.9. The van der Waals surface area contributed by atoms with Gasteiger partial charge in [0.15, 0.2) is 11.5 Å². The van der Waals surface area contributed by atoms with Gasteiger partial charge < -0.3 is 14.2 Å². The summed E-state index contributed by atoms with van der Waals surface area (Å²) in [5, 5.41) is 0. The minimum atomic E-state index is -4.19. The lowest BCUT2D eigenvalue weighted by atomic mass is 10.1. The molecule has 0 spiro atoms. The maximum Gasteiger partial charge on any atom is 0.308 e. The van der Waals surface area contributed by atoms with Gasteiger partial charge in [-0.15, -0.1) is 0 Å². The van der Waals surface area contributed by atoms with Crippen molar-refractivity contribution in [2.75, 3.05) is 11.7 Å². The molecule has 2 aliphatic rings. The van der Waals surface area contributed by atoms with E-state index in [1.807, 2.05) is 6.92 Å². The van der Waals surface area contributed by atoms with Gasteiger partial charge in [0.05, 0.1) is 17.0 Å². The van der Waals surface area contributed by atoms with Crippen molar-refractivity contribution in [1.82, 2.24) is 4.31 Å². The lowest BCUT2D eigenvalue weighted by Crippen LogP contribution is -2.45. The largest absolute Gasteiger partial charge is 0.454 e. The first-order valence-electron chi connectivity index (χ1n) is 11.8. The predicted octanol–water partition coefficient (Wildman–Crippen LogP) is 3.17. The Morgan fingerprint density at radius 2 is 1.68 bits per heavy atom. The number of imide groups is 1. The van der Waals surface area contributed by atoms with Crippen molar-refractivity contribution in [3.8, 4) is 17.2 Å². The van der Waals surface area contributed by atoms with E-state index in [4.69, 9.17) is 14.2 Å². The van der Waals surface area contributed by atoms with E-state index in [9.17, 15) is 22.8 Å². The fourth-order valence-corrected chi connectivity index (χ4v) is 5.94. The molecule has 0 saturated carbocycles. The van der Waals surface area contributed by atoms with E-state index in [1.165, 1.54) is 43.3 Å². The lowest BCUT2D eigenvalue weighted by molar-refractivity contribution is -0.132. The Hall–Kier alpha value is -4.22. The fourth-order valence-electron chi connectivity index (χ4n) is 4.37. The second kappa shape index (κ2) is 9.92. The number of nitrogens with zero attached hydrogens (tertiary/aromatic N) is 2. The lowest BCUT2D eigenvalue weighted by Gasteiger charge is -2.27. The summed E-state index contributed by atoms with van der Waals surface area (Å²) in [7, 11) is -4.19. The molecule has 0 bridgehead atoms. The normalized spacial score (nSPS) is 16.8. The van der Waals surface area contributed by atoms with Crippen LogP contribution in [0.4, 0.5) is 5.69 Å². The summed E-state index contributed by atoms with van der Waals surface area (Å²) in [5.74, 6) is -0.465. The minimum Gasteiger partial charge on any atom is -0.454 e. The summed E-state index contributed by atoms with van der Waals surface area (Å²) >= 11 is 0. The molecule has 2 aliphatic heterocycles. The number of carbonyl (C=O) groups is 3. The van der Waals surface area contributed by atoms with Gasteiger partial charge in [0.2, 0.25) is 22.7 Å². The molecule has 3 aromatic carbocycles. The number of hydrogen-bond acceptors (Lipinski definition) is 8. The molecule has 1 saturated heterocycles. The molecule has 0 radical (unpaired) electrons. The number of benzene rings is 3. The molecule has 1 atom stereocenters. The molecule has 38 heavy (non-hydrogen) atoms. The zero-order chi connectivity index (χ0) is 27.0. The molecule has 196 valence electrons. The number of rotatable bonds is 7. The van der Waals surface area contributed by atoms with E-state index in [0.29, 0.717) is 17.1 Å². The van der Waals surface area contributed by atoms with Gasteiger partial charge in [0, 0.05) is 13.5 Å². The highest BCUT2D eigenvalue weighted by molar-refractivity contribution is 7.89. The number of hydrogen-bond donors (Lipinski definition) is 0. The summed E-state index contributed by atoms with van der Waals surface area (Å²) in [4.78, 5) is 38.8. The van der Waals surface area contributed by atoms with Crippen molar-refractivity contribution in [1.29, 1.82) is 0 Å². The summed E-state index contributed by atoms with van der Waals surface area (Å²) in [6, 6.07) is 15.9. The van der Waals surface area contributed by atoms with E-state index in [2.05, 4.69) is 0 Å². The standard InChI is InChI=1S/C27H24N2O8S/c1-17-3-10-22(11-4-17)38(33,34)28(15-19-5-12-24-25(13-19)36-16-35-24)23-14-26(31)29(27(23)32)20-6-8-21(9-7-20)37-18(2)30/h3-13,23H,14-16H2,1-2H3. The van der Waals surface area contributed by atoms with Gasteiger partial charge in [0.25, 0.3) is 5.91 Å². The quantitative estimate of drug-likeness (QED) is 0.257. The van der Waals surface area contributed by atoms with Crippen LogP contribution in [-0.4, -0.2) is 43.3 Å². The number of esters is 1. The Balaban J connectivity index is 1.50. The van der Waals surface area contributed by atoms with Crippen molar-refractivity contribution in [3.05, 3.63) is 77.9 Å². The molecule has 3 aromatic rings. The monoisotopic (exact) mass is 536 g/mol. The third-order valence-corrected chi connectivity index (χ3v) is 8.10. The number of aryl methyl sites for hydroxylation is 1. The summed E-state index contributed by atoms with van der Waals surface area (Å²) in [5.41, 5.74) is 1.69. The molecule has 1 unspecified atom stereocenters. The van der Waals surface area contributed by atoms with Gasteiger partial charge in [-0.05, 0) is 61.0 Å². The van der Waals surface area contributed by atoms with Crippen molar-refractivity contribution in [3.63, 3.8) is 0 Å². The molecule has 1 fully saturated rings. The zero-order valence-corrected chi connectivity index (χ0v) is 21.4. The van der Waals surface area contributed by atoms with E-state index < -0.39 is 33.8 Å². The number of ether oxygens (including phenoxy) is 3. The average molecular weight is 537 g/mol. The van der Waals surface area contributed by atoms with Crippen LogP contribution in [0.2, 0.25) is 0 Å². The van der Waals surface area contributed by atoms with E-state index in [0.717, 1.165) is 14.8 Å². The number of fused-ring (bicyclic) bond motifs is 1. The minimum absolute atomic E-state index is 0.00766.